The predicted octanol–water partition coefficient (Wildman–Crippen LogP) is 4.45. The number of ether oxygens (including phenoxy) is 1. The molecule has 1 aliphatic heterocycles. The Bertz CT molecular complexity index is 916. The molecule has 0 bridgehead atoms. The van der Waals surface area contributed by atoms with Gasteiger partial charge >= 0.3 is 5.97 Å². The lowest BCUT2D eigenvalue weighted by atomic mass is 10.0. The van der Waals surface area contributed by atoms with Gasteiger partial charge < -0.3 is 9.64 Å². The number of rotatable bonds is 4. The first kappa shape index (κ1) is 17.2. The van der Waals surface area contributed by atoms with Crippen LogP contribution in [0.4, 0.5) is 5.95 Å². The fourth-order valence-corrected chi connectivity index (χ4v) is 4.65. The zero-order valence-electron chi connectivity index (χ0n) is 14.1. The van der Waals surface area contributed by atoms with Crippen molar-refractivity contribution >= 4 is 44.9 Å². The minimum absolute atomic E-state index is 0.191. The number of halogens is 1. The number of nitrogens with zero attached hydrogens (tertiary/aromatic N) is 3. The number of aromatic nitrogens is 2. The largest absolute Gasteiger partial charge is 0.458 e. The van der Waals surface area contributed by atoms with Crippen LogP contribution in [0.1, 0.15) is 24.1 Å². The van der Waals surface area contributed by atoms with E-state index in [9.17, 15) is 4.79 Å². The van der Waals surface area contributed by atoms with E-state index in [1.165, 1.54) is 0 Å². The molecule has 2 aromatic heterocycles. The maximum atomic E-state index is 12.7. The molecule has 1 aliphatic rings. The summed E-state index contributed by atoms with van der Waals surface area (Å²) in [5.74, 6) is 0.333. The summed E-state index contributed by atoms with van der Waals surface area (Å²) in [6, 6.07) is 9.35. The number of thiophene rings is 1. The lowest BCUT2D eigenvalue weighted by Gasteiger charge is -2.33. The number of benzene rings is 1. The molecule has 0 unspecified atom stereocenters. The highest BCUT2D eigenvalue weighted by atomic mass is 35.5. The number of hydrogen-bond acceptors (Lipinski definition) is 6. The van der Waals surface area contributed by atoms with Crippen LogP contribution in [-0.4, -0.2) is 28.5 Å². The Morgan fingerprint density at radius 3 is 2.85 bits per heavy atom. The minimum atomic E-state index is -0.348. The molecule has 0 N–H and O–H groups in total. The number of hydrogen-bond donors (Lipinski definition) is 0. The van der Waals surface area contributed by atoms with Gasteiger partial charge in [0.1, 0.15) is 12.6 Å². The summed E-state index contributed by atoms with van der Waals surface area (Å²) >= 11 is 8.00. The molecule has 3 heterocycles. The summed E-state index contributed by atoms with van der Waals surface area (Å²) in [6.07, 6.45) is 6.14. The van der Waals surface area contributed by atoms with Crippen molar-refractivity contribution in [2.45, 2.75) is 31.9 Å². The van der Waals surface area contributed by atoms with Crippen molar-refractivity contribution in [3.05, 3.63) is 52.6 Å². The highest BCUT2D eigenvalue weighted by Crippen LogP contribution is 2.35. The van der Waals surface area contributed by atoms with Crippen LogP contribution in [-0.2, 0) is 16.1 Å². The Hall–Kier alpha value is -2.18. The van der Waals surface area contributed by atoms with Crippen molar-refractivity contribution in [3.8, 4) is 0 Å². The van der Waals surface area contributed by atoms with E-state index in [0.717, 1.165) is 40.8 Å². The SMILES string of the molecule is O=C(OCc1sc2ccccc2c1Cl)[C@H]1CCCCN1c1ncccn1. The molecule has 0 amide bonds. The second-order valence-corrected chi connectivity index (χ2v) is 7.71. The molecule has 3 aromatic rings. The second kappa shape index (κ2) is 7.60. The van der Waals surface area contributed by atoms with E-state index in [4.69, 9.17) is 16.3 Å². The Morgan fingerprint density at radius 1 is 1.23 bits per heavy atom. The van der Waals surface area contributed by atoms with Crippen LogP contribution in [0.5, 0.6) is 0 Å². The molecule has 4 rings (SSSR count). The van der Waals surface area contributed by atoms with Gasteiger partial charge in [0.25, 0.3) is 0 Å². The van der Waals surface area contributed by atoms with Crippen LogP contribution in [0.15, 0.2) is 42.7 Å². The topological polar surface area (TPSA) is 55.3 Å². The molecule has 0 radical (unpaired) electrons. The fourth-order valence-electron chi connectivity index (χ4n) is 3.25. The van der Waals surface area contributed by atoms with E-state index in [-0.39, 0.29) is 18.6 Å². The molecule has 0 spiro atoms. The first-order chi connectivity index (χ1) is 12.7. The van der Waals surface area contributed by atoms with Gasteiger partial charge in [0, 0.05) is 29.0 Å². The Labute approximate surface area is 160 Å². The van der Waals surface area contributed by atoms with Crippen molar-refractivity contribution in [1.29, 1.82) is 0 Å². The fraction of sp³-hybridized carbons (Fsp3) is 0.316. The van der Waals surface area contributed by atoms with Crippen molar-refractivity contribution in [2.24, 2.45) is 0 Å². The monoisotopic (exact) mass is 387 g/mol. The van der Waals surface area contributed by atoms with E-state index < -0.39 is 0 Å². The van der Waals surface area contributed by atoms with Crippen LogP contribution in [0, 0.1) is 0 Å². The third kappa shape index (κ3) is 3.39. The van der Waals surface area contributed by atoms with Gasteiger partial charge in [0.15, 0.2) is 0 Å². The van der Waals surface area contributed by atoms with Crippen LogP contribution in [0.2, 0.25) is 5.02 Å². The van der Waals surface area contributed by atoms with Gasteiger partial charge in [-0.2, -0.15) is 0 Å². The third-order valence-electron chi connectivity index (χ3n) is 4.53. The van der Waals surface area contributed by atoms with Gasteiger partial charge in [-0.1, -0.05) is 29.8 Å². The maximum Gasteiger partial charge on any atom is 0.329 e. The van der Waals surface area contributed by atoms with Gasteiger partial charge in [-0.3, -0.25) is 0 Å². The van der Waals surface area contributed by atoms with Crippen molar-refractivity contribution in [1.82, 2.24) is 9.97 Å². The molecule has 1 aromatic carbocycles. The van der Waals surface area contributed by atoms with Crippen LogP contribution < -0.4 is 4.90 Å². The van der Waals surface area contributed by atoms with E-state index in [2.05, 4.69) is 9.97 Å². The minimum Gasteiger partial charge on any atom is -0.458 e. The zero-order chi connectivity index (χ0) is 17.9. The molecule has 1 fully saturated rings. The summed E-state index contributed by atoms with van der Waals surface area (Å²) in [7, 11) is 0. The Morgan fingerprint density at radius 2 is 2.04 bits per heavy atom. The summed E-state index contributed by atoms with van der Waals surface area (Å²) in [6.45, 7) is 0.949. The highest BCUT2D eigenvalue weighted by Gasteiger charge is 2.31. The lowest BCUT2D eigenvalue weighted by Crippen LogP contribution is -2.46. The smallest absolute Gasteiger partial charge is 0.329 e. The van der Waals surface area contributed by atoms with Crippen LogP contribution >= 0.6 is 22.9 Å². The van der Waals surface area contributed by atoms with Crippen molar-refractivity contribution in [3.63, 3.8) is 0 Å². The zero-order valence-corrected chi connectivity index (χ0v) is 15.7. The van der Waals surface area contributed by atoms with Crippen molar-refractivity contribution < 1.29 is 9.53 Å². The van der Waals surface area contributed by atoms with Crippen molar-refractivity contribution in [2.75, 3.05) is 11.4 Å². The summed E-state index contributed by atoms with van der Waals surface area (Å²) in [5.41, 5.74) is 0. The predicted molar refractivity (Wildman–Crippen MR) is 104 cm³/mol. The maximum absolute atomic E-state index is 12.7. The summed E-state index contributed by atoms with van der Waals surface area (Å²) in [4.78, 5) is 24.1. The molecule has 0 saturated carbocycles. The number of carbonyl (C=O) groups excluding carboxylic acids is 1. The highest BCUT2D eigenvalue weighted by molar-refractivity contribution is 7.19. The number of carbonyl (C=O) groups is 1. The molecule has 134 valence electrons. The van der Waals surface area contributed by atoms with Gasteiger partial charge in [0.2, 0.25) is 5.95 Å². The van der Waals surface area contributed by atoms with E-state index >= 15 is 0 Å². The standard InChI is InChI=1S/C19H18ClN3O2S/c20-17-13-6-1-2-8-15(13)26-16(17)12-25-18(24)14-7-3-4-11-23(14)19-21-9-5-10-22-19/h1-2,5-6,8-10,14H,3-4,7,11-12H2/t14-/m1/s1. The number of esters is 1. The molecular formula is C19H18ClN3O2S. The first-order valence-electron chi connectivity index (χ1n) is 8.60. The molecule has 1 saturated heterocycles. The van der Waals surface area contributed by atoms with Crippen LogP contribution in [0.25, 0.3) is 10.1 Å². The second-order valence-electron chi connectivity index (χ2n) is 6.20. The van der Waals surface area contributed by atoms with E-state index in [0.29, 0.717) is 11.0 Å². The number of anilines is 1. The summed E-state index contributed by atoms with van der Waals surface area (Å²) in [5, 5.41) is 1.67. The molecule has 1 atom stereocenters. The Kier molecular flexibility index (Phi) is 5.04. The third-order valence-corrected chi connectivity index (χ3v) is 6.22. The average Bonchev–Trinajstić information content (AvgIpc) is 3.03. The van der Waals surface area contributed by atoms with Gasteiger partial charge in [0.05, 0.1) is 9.90 Å². The van der Waals surface area contributed by atoms with Gasteiger partial charge in [-0.15, -0.1) is 11.3 Å². The van der Waals surface area contributed by atoms with E-state index in [1.807, 2.05) is 29.2 Å². The number of piperidine rings is 1. The average molecular weight is 388 g/mol. The molecule has 0 aliphatic carbocycles. The van der Waals surface area contributed by atoms with Gasteiger partial charge in [-0.05, 0) is 31.4 Å². The summed E-state index contributed by atoms with van der Waals surface area (Å²) < 4.78 is 6.72. The molecule has 7 heteroatoms. The van der Waals surface area contributed by atoms with Gasteiger partial charge in [-0.25, -0.2) is 14.8 Å². The quantitative estimate of drug-likeness (QED) is 0.619. The number of fused-ring (bicyclic) bond motifs is 1. The first-order valence-corrected chi connectivity index (χ1v) is 9.79. The normalized spacial score (nSPS) is 17.4. The lowest BCUT2D eigenvalue weighted by molar-refractivity contribution is -0.147. The van der Waals surface area contributed by atoms with E-state index in [1.54, 1.807) is 29.8 Å². The molecular weight excluding hydrogens is 370 g/mol. The Balaban J connectivity index is 1.48. The molecule has 5 nitrogen and oxygen atoms in total. The molecule has 26 heavy (non-hydrogen) atoms. The van der Waals surface area contributed by atoms with Crippen LogP contribution in [0.3, 0.4) is 0 Å².